The topological polar surface area (TPSA) is 162 Å². The molecule has 0 saturated carbocycles. The maximum absolute atomic E-state index is 14.7. The number of nitrogens with zero attached hydrogens (tertiary/aromatic N) is 6. The van der Waals surface area contributed by atoms with Gasteiger partial charge in [0.15, 0.2) is 10.2 Å². The van der Waals surface area contributed by atoms with Gasteiger partial charge in [0.25, 0.3) is 21.8 Å². The van der Waals surface area contributed by atoms with E-state index in [0.717, 1.165) is 29.7 Å². The third kappa shape index (κ3) is 7.30. The fraction of sp³-hybridized carbons (Fsp3) is 0.476. The maximum Gasteiger partial charge on any atom is 0.266 e. The number of carbonyl (C=O) groups excluding carboxylic acids is 2. The fourth-order valence-corrected chi connectivity index (χ4v) is 13.8. The monoisotopic (exact) mass is 861 g/mol. The van der Waals surface area contributed by atoms with Crippen LogP contribution in [0.25, 0.3) is 0 Å². The van der Waals surface area contributed by atoms with E-state index in [1.54, 1.807) is 59.1 Å². The van der Waals surface area contributed by atoms with Crippen molar-refractivity contribution in [2.45, 2.75) is 104 Å². The van der Waals surface area contributed by atoms with Crippen molar-refractivity contribution in [3.05, 3.63) is 102 Å². The van der Waals surface area contributed by atoms with Gasteiger partial charge in [-0.15, -0.1) is 5.10 Å². The summed E-state index contributed by atoms with van der Waals surface area (Å²) in [6.45, 7) is 10.7. The summed E-state index contributed by atoms with van der Waals surface area (Å²) in [5, 5.41) is 7.81. The molecule has 5 aliphatic heterocycles. The van der Waals surface area contributed by atoms with Crippen molar-refractivity contribution in [2.75, 3.05) is 31.1 Å². The third-order valence-corrected chi connectivity index (χ3v) is 16.8. The summed E-state index contributed by atoms with van der Waals surface area (Å²) >= 11 is 0. The molecule has 4 saturated heterocycles. The van der Waals surface area contributed by atoms with Crippen LogP contribution in [0.4, 0.5) is 5.69 Å². The minimum Gasteiger partial charge on any atom is -0.494 e. The van der Waals surface area contributed by atoms with Gasteiger partial charge in [-0.25, -0.2) is 12.7 Å². The molecule has 0 aliphatic carbocycles. The summed E-state index contributed by atoms with van der Waals surface area (Å²) in [5.74, 6) is 0.163. The zero-order valence-electron chi connectivity index (χ0n) is 33.9. The number of hydrogen-bond acceptors (Lipinski definition) is 12. The normalized spacial score (nSPS) is 23.8. The average molecular weight is 862 g/mol. The smallest absolute Gasteiger partial charge is 0.266 e. The van der Waals surface area contributed by atoms with E-state index in [1.807, 2.05) is 70.3 Å². The number of likely N-dealkylation sites (N-methyl/N-ethyl adjacent to an activating group) is 1. The summed E-state index contributed by atoms with van der Waals surface area (Å²) in [5.41, 5.74) is 6.74. The van der Waals surface area contributed by atoms with E-state index in [9.17, 15) is 18.0 Å². The highest BCUT2D eigenvalue weighted by Crippen LogP contribution is 2.69. The number of rotatable bonds is 17. The maximum atomic E-state index is 14.7. The molecule has 6 heterocycles. The van der Waals surface area contributed by atoms with Crippen molar-refractivity contribution in [3.63, 3.8) is 0 Å². The van der Waals surface area contributed by atoms with Crippen LogP contribution in [0.2, 0.25) is 0 Å². The first kappa shape index (κ1) is 41.6. The molecular formula is C42H51N7O7S3. The quantitative estimate of drug-likeness (QED) is 0.105. The molecule has 2 bridgehead atoms. The van der Waals surface area contributed by atoms with Gasteiger partial charge in [0, 0.05) is 26.4 Å². The van der Waals surface area contributed by atoms with E-state index in [0.29, 0.717) is 50.8 Å². The zero-order chi connectivity index (χ0) is 41.8. The number of amides is 2. The second-order valence-corrected chi connectivity index (χ2v) is 21.1. The molecular weight excluding hydrogens is 811 g/mol. The number of aryl methyl sites for hydroxylation is 1. The van der Waals surface area contributed by atoms with Crippen LogP contribution in [-0.4, -0.2) is 99.4 Å². The molecule has 4 fully saturated rings. The highest BCUT2D eigenvalue weighted by atomic mass is 33.1. The van der Waals surface area contributed by atoms with Crippen molar-refractivity contribution in [3.8, 4) is 5.75 Å². The van der Waals surface area contributed by atoms with Crippen molar-refractivity contribution in [1.82, 2.24) is 24.8 Å². The zero-order valence-corrected chi connectivity index (χ0v) is 36.4. The first-order valence-corrected chi connectivity index (χ1v) is 23.5. The molecule has 17 heteroatoms. The van der Waals surface area contributed by atoms with E-state index in [1.165, 1.54) is 30.8 Å². The van der Waals surface area contributed by atoms with Gasteiger partial charge in [-0.2, -0.15) is 0 Å². The first-order chi connectivity index (χ1) is 28.1. The average Bonchev–Trinajstić information content (AvgIpc) is 3.88. The molecule has 0 radical (unpaired) electrons. The van der Waals surface area contributed by atoms with E-state index >= 15 is 0 Å². The highest BCUT2D eigenvalue weighted by Gasteiger charge is 2.77. The predicted molar refractivity (Wildman–Crippen MR) is 227 cm³/mol. The number of anilines is 1. The standard InChI is InChI=1S/C42H51N7O7S3/c1-39(2,20-22-43)55-25-21-40(3,4)56-27-30-26-47(45-44-30)23-11-24-54-31-18-16-29(17-19-31)41-28-42-38(51)46(5)36(57-58-42)35(50)48(42)37(41)49(34-15-10-9-14-33(34)41)59(52,53)32-12-7-6-8-13-32/h6-10,12-19,26,36-37H,11,20-25,27-28,43H2,1-5H3/t36-,37-,41-,42-/m0/s1. The number of benzene rings is 3. The first-order valence-electron chi connectivity index (χ1n) is 19.9. The number of fused-ring (bicyclic) bond motifs is 5. The molecule has 0 unspecified atom stereocenters. The van der Waals surface area contributed by atoms with Crippen LogP contribution in [0.5, 0.6) is 5.75 Å². The molecule has 1 spiro atoms. The lowest BCUT2D eigenvalue weighted by atomic mass is 9.72. The summed E-state index contributed by atoms with van der Waals surface area (Å²) in [4.78, 5) is 30.5. The second-order valence-electron chi connectivity index (χ2n) is 16.7. The lowest BCUT2D eigenvalue weighted by Gasteiger charge is -2.53. The van der Waals surface area contributed by atoms with E-state index in [2.05, 4.69) is 10.3 Å². The molecule has 9 rings (SSSR count). The van der Waals surface area contributed by atoms with Gasteiger partial charge < -0.3 is 24.8 Å². The molecule has 5 aliphatic rings. The summed E-state index contributed by atoms with van der Waals surface area (Å²) in [7, 11) is 0.178. The molecule has 2 amide bonds. The fourth-order valence-electron chi connectivity index (χ4n) is 8.65. The Morgan fingerprint density at radius 2 is 1.63 bits per heavy atom. The van der Waals surface area contributed by atoms with Gasteiger partial charge in [0.1, 0.15) is 17.6 Å². The SMILES string of the molecule is CN1C(=O)[C@@]23C[C@]4(c5ccc(OCCCn6cc(COC(C)(C)CCOC(C)(C)CCN)nn6)cc5)c5ccccc5N(S(=O)(=O)c5ccccc5)[C@@H]4N2C(=O)[C@@H]1SS3. The van der Waals surface area contributed by atoms with Gasteiger partial charge in [0.05, 0.1) is 53.2 Å². The lowest BCUT2D eigenvalue weighted by Crippen LogP contribution is -2.72. The van der Waals surface area contributed by atoms with Crippen molar-refractivity contribution in [1.29, 1.82) is 0 Å². The molecule has 4 aromatic rings. The molecule has 4 atom stereocenters. The van der Waals surface area contributed by atoms with Crippen LogP contribution >= 0.6 is 21.6 Å². The van der Waals surface area contributed by atoms with Crippen LogP contribution in [0.15, 0.2) is 90.0 Å². The van der Waals surface area contributed by atoms with Crippen LogP contribution in [0.3, 0.4) is 0 Å². The van der Waals surface area contributed by atoms with Gasteiger partial charge in [0.2, 0.25) is 0 Å². The van der Waals surface area contributed by atoms with Crippen molar-refractivity contribution >= 4 is 49.1 Å². The van der Waals surface area contributed by atoms with Crippen LogP contribution in [0, 0.1) is 0 Å². The Bertz CT molecular complexity index is 2310. The molecule has 314 valence electrons. The number of hydrogen-bond donors (Lipinski definition) is 1. The summed E-state index contributed by atoms with van der Waals surface area (Å²) < 4.78 is 51.0. The summed E-state index contributed by atoms with van der Waals surface area (Å²) in [6, 6.07) is 23.3. The molecule has 1 aromatic heterocycles. The minimum atomic E-state index is -4.19. The van der Waals surface area contributed by atoms with E-state index in [4.69, 9.17) is 19.9 Å². The Hall–Kier alpha value is -4.13. The molecule has 59 heavy (non-hydrogen) atoms. The number of nitrogens with two attached hydrogens (primary N) is 1. The Morgan fingerprint density at radius 1 is 0.915 bits per heavy atom. The van der Waals surface area contributed by atoms with E-state index in [-0.39, 0.29) is 28.7 Å². The number of ether oxygens (including phenoxy) is 3. The van der Waals surface area contributed by atoms with Crippen LogP contribution in [-0.2, 0) is 47.7 Å². The van der Waals surface area contributed by atoms with Gasteiger partial charge in [-0.05, 0) is 88.5 Å². The second kappa shape index (κ2) is 15.7. The number of para-hydroxylation sites is 1. The molecule has 2 N–H and O–H groups in total. The minimum absolute atomic E-state index is 0.106. The summed E-state index contributed by atoms with van der Waals surface area (Å²) in [6.07, 6.45) is 3.26. The largest absolute Gasteiger partial charge is 0.494 e. The highest BCUT2D eigenvalue weighted by molar-refractivity contribution is 8.78. The van der Waals surface area contributed by atoms with Crippen molar-refractivity contribution in [2.24, 2.45) is 5.73 Å². The number of aromatic nitrogens is 3. The number of carbonyl (C=O) groups is 2. The Morgan fingerprint density at radius 3 is 2.37 bits per heavy atom. The predicted octanol–water partition coefficient (Wildman–Crippen LogP) is 5.52. The Balaban J connectivity index is 0.973. The van der Waals surface area contributed by atoms with Gasteiger partial charge >= 0.3 is 0 Å². The van der Waals surface area contributed by atoms with E-state index < -0.39 is 37.4 Å². The number of sulfonamides is 1. The Kier molecular flexibility index (Phi) is 11.1. The number of piperazine rings is 1. The molecule has 14 nitrogen and oxygen atoms in total. The van der Waals surface area contributed by atoms with Crippen LogP contribution < -0.4 is 14.8 Å². The van der Waals surface area contributed by atoms with Crippen molar-refractivity contribution < 1.29 is 32.2 Å². The van der Waals surface area contributed by atoms with Gasteiger partial charge in [-0.1, -0.05) is 75.3 Å². The van der Waals surface area contributed by atoms with Crippen LogP contribution in [0.1, 0.15) is 70.2 Å². The molecule has 3 aromatic carbocycles. The Labute approximate surface area is 353 Å². The van der Waals surface area contributed by atoms with Gasteiger partial charge in [-0.3, -0.25) is 19.2 Å². The lowest BCUT2D eigenvalue weighted by molar-refractivity contribution is -0.158. The third-order valence-electron chi connectivity index (χ3n) is 11.8.